The molecule has 2 nitrogen and oxygen atoms in total. The normalized spacial score (nSPS) is 13.1. The number of Topliss-reactive ketones (excluding diaryl/α,β-unsaturated/α-hetero) is 1. The first-order valence-corrected chi connectivity index (χ1v) is 10.9. The molecule has 3 aromatic carbocycles. The minimum absolute atomic E-state index is 0.0447. The zero-order valence-corrected chi connectivity index (χ0v) is 18.6. The quantitative estimate of drug-likeness (QED) is 0.362. The van der Waals surface area contributed by atoms with Gasteiger partial charge in [-0.25, -0.2) is 0 Å². The van der Waals surface area contributed by atoms with Crippen molar-refractivity contribution in [2.75, 3.05) is 7.11 Å². The molecule has 0 fully saturated rings. The number of benzene rings is 3. The lowest BCUT2D eigenvalue weighted by Crippen LogP contribution is -2.34. The highest BCUT2D eigenvalue weighted by Crippen LogP contribution is 2.31. The van der Waals surface area contributed by atoms with Crippen LogP contribution in [0.1, 0.15) is 34.0 Å². The smallest absolute Gasteiger partial charge is 0.198 e. The van der Waals surface area contributed by atoms with E-state index in [4.69, 9.17) is 4.74 Å². The number of rotatable bonds is 7. The third-order valence-electron chi connectivity index (χ3n) is 5.29. The van der Waals surface area contributed by atoms with Crippen molar-refractivity contribution in [2.45, 2.75) is 24.8 Å². The fourth-order valence-electron chi connectivity index (χ4n) is 3.38. The molecule has 3 atom stereocenters. The van der Waals surface area contributed by atoms with Crippen molar-refractivity contribution in [3.63, 3.8) is 0 Å². The number of hydrogen-bond donors (Lipinski definition) is 0. The molecule has 0 saturated heterocycles. The Hall–Kier alpha value is -1.85. The van der Waals surface area contributed by atoms with Crippen LogP contribution < -0.4 is 0 Å². The molecular formula is C24H26O2P2. The molecule has 0 amide bonds. The maximum atomic E-state index is 13.2. The lowest BCUT2D eigenvalue weighted by molar-refractivity contribution is 0.0101. The molecule has 0 radical (unpaired) electrons. The summed E-state index contributed by atoms with van der Waals surface area (Å²) in [6, 6.07) is 24.0. The molecule has 0 bridgehead atoms. The zero-order chi connectivity index (χ0) is 20.1. The number of methoxy groups -OCH3 is 1. The summed E-state index contributed by atoms with van der Waals surface area (Å²) in [4.78, 5) is 13.2. The van der Waals surface area contributed by atoms with Crippen LogP contribution in [0.25, 0.3) is 11.1 Å². The first-order chi connectivity index (χ1) is 13.5. The van der Waals surface area contributed by atoms with Gasteiger partial charge < -0.3 is 4.74 Å². The zero-order valence-electron chi connectivity index (χ0n) is 16.3. The summed E-state index contributed by atoms with van der Waals surface area (Å²) >= 11 is 0. The maximum Gasteiger partial charge on any atom is 0.198 e. The molecule has 0 aliphatic rings. The summed E-state index contributed by atoms with van der Waals surface area (Å²) in [5, 5.41) is 0. The maximum absolute atomic E-state index is 13.2. The molecule has 3 rings (SSSR count). The largest absolute Gasteiger partial charge is 0.366 e. The molecule has 0 N–H and O–H groups in total. The highest BCUT2D eigenvalue weighted by molar-refractivity contribution is 7.16. The third kappa shape index (κ3) is 4.11. The van der Waals surface area contributed by atoms with E-state index in [1.165, 1.54) is 11.1 Å². The summed E-state index contributed by atoms with van der Waals surface area (Å²) < 4.78 is 5.66. The van der Waals surface area contributed by atoms with Crippen molar-refractivity contribution >= 4 is 24.3 Å². The van der Waals surface area contributed by atoms with Gasteiger partial charge in [0.1, 0.15) is 0 Å². The van der Waals surface area contributed by atoms with Crippen molar-refractivity contribution in [3.05, 3.63) is 95.1 Å². The predicted octanol–water partition coefficient (Wildman–Crippen LogP) is 5.85. The number of hydrogen-bond acceptors (Lipinski definition) is 2. The van der Waals surface area contributed by atoms with Gasteiger partial charge in [0.2, 0.25) is 0 Å². The Morgan fingerprint density at radius 1 is 0.857 bits per heavy atom. The van der Waals surface area contributed by atoms with Crippen molar-refractivity contribution < 1.29 is 9.53 Å². The molecule has 0 aliphatic carbocycles. The predicted molar refractivity (Wildman–Crippen MR) is 124 cm³/mol. The van der Waals surface area contributed by atoms with Crippen LogP contribution in [-0.4, -0.2) is 12.9 Å². The second-order valence-electron chi connectivity index (χ2n) is 6.90. The van der Waals surface area contributed by atoms with Gasteiger partial charge in [-0.05, 0) is 47.1 Å². The van der Waals surface area contributed by atoms with Crippen LogP contribution in [0.3, 0.4) is 0 Å². The molecule has 0 saturated carbocycles. The van der Waals surface area contributed by atoms with Gasteiger partial charge in [0, 0.05) is 12.7 Å². The molecule has 4 heteroatoms. The van der Waals surface area contributed by atoms with E-state index >= 15 is 0 Å². The molecule has 0 heterocycles. The number of ketones is 1. The Morgan fingerprint density at radius 2 is 1.46 bits per heavy atom. The molecule has 0 aliphatic heterocycles. The molecule has 144 valence electrons. The third-order valence-corrected chi connectivity index (χ3v) is 6.17. The van der Waals surface area contributed by atoms with Crippen molar-refractivity contribution in [1.82, 2.24) is 0 Å². The first-order valence-electron chi connectivity index (χ1n) is 9.31. The van der Waals surface area contributed by atoms with Crippen molar-refractivity contribution in [3.8, 4) is 11.1 Å². The van der Waals surface area contributed by atoms with Crippen LogP contribution in [-0.2, 0) is 22.7 Å². The van der Waals surface area contributed by atoms with E-state index in [1.807, 2.05) is 61.5 Å². The highest BCUT2D eigenvalue weighted by atomic mass is 31.0. The Morgan fingerprint density at radius 3 is 2.04 bits per heavy atom. The van der Waals surface area contributed by atoms with Gasteiger partial charge in [-0.1, -0.05) is 72.8 Å². The monoisotopic (exact) mass is 408 g/mol. The van der Waals surface area contributed by atoms with E-state index < -0.39 is 5.60 Å². The summed E-state index contributed by atoms with van der Waals surface area (Å²) in [7, 11) is 7.16. The van der Waals surface area contributed by atoms with E-state index in [-0.39, 0.29) is 5.78 Å². The average Bonchev–Trinajstić information content (AvgIpc) is 2.78. The van der Waals surface area contributed by atoms with Gasteiger partial charge in [0.15, 0.2) is 11.4 Å². The average molecular weight is 408 g/mol. The Labute approximate surface area is 172 Å². The van der Waals surface area contributed by atoms with Gasteiger partial charge in [0.25, 0.3) is 0 Å². The van der Waals surface area contributed by atoms with Crippen molar-refractivity contribution in [2.24, 2.45) is 0 Å². The lowest BCUT2D eigenvalue weighted by Gasteiger charge is -2.27. The van der Waals surface area contributed by atoms with E-state index in [0.717, 1.165) is 29.0 Å². The Balaban J connectivity index is 1.91. The van der Waals surface area contributed by atoms with E-state index in [0.29, 0.717) is 5.56 Å². The lowest BCUT2D eigenvalue weighted by atomic mass is 9.87. The minimum Gasteiger partial charge on any atom is -0.366 e. The van der Waals surface area contributed by atoms with E-state index in [1.54, 1.807) is 7.11 Å². The van der Waals surface area contributed by atoms with Crippen LogP contribution in [0.15, 0.2) is 72.8 Å². The summed E-state index contributed by atoms with van der Waals surface area (Å²) in [6.07, 6.45) is 1.88. The fraction of sp³-hybridized carbons (Fsp3) is 0.208. The van der Waals surface area contributed by atoms with Gasteiger partial charge in [0.05, 0.1) is 0 Å². The molecule has 0 spiro atoms. The van der Waals surface area contributed by atoms with Gasteiger partial charge in [-0.15, -0.1) is 18.5 Å². The Kier molecular flexibility index (Phi) is 6.78. The fourth-order valence-corrected chi connectivity index (χ4v) is 4.16. The first kappa shape index (κ1) is 20.9. The van der Waals surface area contributed by atoms with Crippen molar-refractivity contribution in [1.29, 1.82) is 0 Å². The van der Waals surface area contributed by atoms with Crippen LogP contribution in [0.2, 0.25) is 0 Å². The highest BCUT2D eigenvalue weighted by Gasteiger charge is 2.35. The number of carbonyl (C=O) groups is 1. The SMILES string of the molecule is COC(C)(C(=O)c1ccc(-c2ccc(CP)c(CP)c2)cc1)c1ccccc1. The molecule has 3 aromatic rings. The topological polar surface area (TPSA) is 26.3 Å². The van der Waals surface area contributed by atoms with Crippen LogP contribution >= 0.6 is 18.5 Å². The molecular weight excluding hydrogens is 382 g/mol. The van der Waals surface area contributed by atoms with Gasteiger partial charge in [-0.3, -0.25) is 4.79 Å². The van der Waals surface area contributed by atoms with Gasteiger partial charge >= 0.3 is 0 Å². The molecule has 3 unspecified atom stereocenters. The second kappa shape index (κ2) is 9.10. The van der Waals surface area contributed by atoms with Gasteiger partial charge in [-0.2, -0.15) is 0 Å². The summed E-state index contributed by atoms with van der Waals surface area (Å²) in [6.45, 7) is 1.82. The number of carbonyl (C=O) groups excluding carboxylic acids is 1. The van der Waals surface area contributed by atoms with Crippen LogP contribution in [0, 0.1) is 0 Å². The summed E-state index contributed by atoms with van der Waals surface area (Å²) in [5.41, 5.74) is 5.43. The van der Waals surface area contributed by atoms with E-state index in [9.17, 15) is 4.79 Å². The minimum atomic E-state index is -1.00. The molecule has 28 heavy (non-hydrogen) atoms. The summed E-state index contributed by atoms with van der Waals surface area (Å²) in [5.74, 6) is -0.0447. The second-order valence-corrected chi connectivity index (χ2v) is 7.72. The Bertz CT molecular complexity index is 952. The van der Waals surface area contributed by atoms with E-state index in [2.05, 4.69) is 36.7 Å². The van der Waals surface area contributed by atoms with Crippen LogP contribution in [0.5, 0.6) is 0 Å². The molecule has 0 aromatic heterocycles. The number of ether oxygens (including phenoxy) is 1. The van der Waals surface area contributed by atoms with Crippen LogP contribution in [0.4, 0.5) is 0 Å². The standard InChI is InChI=1S/C24H26O2P2/c1-24(26-2,22-6-4-3-5-7-22)23(25)18-10-8-17(9-11-18)19-12-13-20(15-27)21(14-19)16-28/h3-14H,15-16,27-28H2,1-2H3.